The topological polar surface area (TPSA) is 90.6 Å². The van der Waals surface area contributed by atoms with Crippen molar-refractivity contribution < 1.29 is 14.3 Å². The highest BCUT2D eigenvalue weighted by Gasteiger charge is 2.48. The zero-order valence-corrected chi connectivity index (χ0v) is 16.0. The molecule has 0 saturated carbocycles. The van der Waals surface area contributed by atoms with Gasteiger partial charge < -0.3 is 24.8 Å². The molecule has 2 fully saturated rings. The molecule has 0 bridgehead atoms. The second kappa shape index (κ2) is 7.59. The van der Waals surface area contributed by atoms with Crippen molar-refractivity contribution >= 4 is 11.8 Å². The number of likely N-dealkylation sites (tertiary alicyclic amines) is 1. The number of H-pyrrole nitrogens is 1. The lowest BCUT2D eigenvalue weighted by Crippen LogP contribution is -2.59. The number of nitrogens with zero attached hydrogens (tertiary/aromatic N) is 3. The fourth-order valence-electron chi connectivity index (χ4n) is 4.76. The van der Waals surface area contributed by atoms with Gasteiger partial charge in [0.1, 0.15) is 0 Å². The summed E-state index contributed by atoms with van der Waals surface area (Å²) in [7, 11) is 0. The zero-order chi connectivity index (χ0) is 18.9. The van der Waals surface area contributed by atoms with Crippen LogP contribution in [0, 0.1) is 0 Å². The molecule has 1 aromatic heterocycles. The molecular formula is C19H29N5O3. The number of piperidine rings is 1. The molecule has 27 heavy (non-hydrogen) atoms. The molecule has 148 valence electrons. The number of aromatic nitrogens is 2. The van der Waals surface area contributed by atoms with Gasteiger partial charge in [0.05, 0.1) is 30.8 Å². The smallest absolute Gasteiger partial charge is 0.224 e. The minimum Gasteiger partial charge on any atom is -0.378 e. The van der Waals surface area contributed by atoms with Crippen molar-refractivity contribution in [1.29, 1.82) is 0 Å². The van der Waals surface area contributed by atoms with E-state index in [1.165, 1.54) is 0 Å². The summed E-state index contributed by atoms with van der Waals surface area (Å²) in [5.41, 5.74) is 1.77. The van der Waals surface area contributed by atoms with E-state index in [0.29, 0.717) is 39.1 Å². The summed E-state index contributed by atoms with van der Waals surface area (Å²) in [6.07, 6.45) is 5.01. The first-order valence-electron chi connectivity index (χ1n) is 10.1. The Bertz CT molecular complexity index is 689. The van der Waals surface area contributed by atoms with Crippen LogP contribution in [0.25, 0.3) is 0 Å². The van der Waals surface area contributed by atoms with E-state index in [2.05, 4.69) is 15.3 Å². The van der Waals surface area contributed by atoms with Gasteiger partial charge in [-0.2, -0.15) is 0 Å². The fraction of sp³-hybridized carbons (Fsp3) is 0.737. The predicted molar refractivity (Wildman–Crippen MR) is 99.0 cm³/mol. The minimum atomic E-state index is -0.371. The molecule has 2 saturated heterocycles. The number of rotatable bonds is 3. The van der Waals surface area contributed by atoms with Crippen LogP contribution >= 0.6 is 0 Å². The largest absolute Gasteiger partial charge is 0.378 e. The van der Waals surface area contributed by atoms with Crippen molar-refractivity contribution in [1.82, 2.24) is 25.1 Å². The van der Waals surface area contributed by atoms with Crippen LogP contribution in [0.5, 0.6) is 0 Å². The Balaban J connectivity index is 1.47. The molecule has 0 unspecified atom stereocenters. The standard InChI is InChI=1S/C19H29N5O3/c1-2-16(25)24-7-3-15-18(22-13-21-15)19(24)4-8-23(9-5-19)17(26)11-14-12-27-10-6-20-14/h13-14,20H,2-12H2,1H3,(H,21,22)/t14-/m1/s1. The Hall–Kier alpha value is -1.93. The Morgan fingerprint density at radius 2 is 2.11 bits per heavy atom. The van der Waals surface area contributed by atoms with Gasteiger partial charge in [-0.05, 0) is 12.8 Å². The van der Waals surface area contributed by atoms with Crippen LogP contribution < -0.4 is 5.32 Å². The summed E-state index contributed by atoms with van der Waals surface area (Å²) in [6.45, 7) is 6.06. The number of hydrogen-bond donors (Lipinski definition) is 2. The number of morpholine rings is 1. The van der Waals surface area contributed by atoms with Crippen LogP contribution in [0.15, 0.2) is 6.33 Å². The molecule has 8 heteroatoms. The van der Waals surface area contributed by atoms with Gasteiger partial charge >= 0.3 is 0 Å². The van der Waals surface area contributed by atoms with Crippen LogP contribution in [0.1, 0.15) is 44.0 Å². The molecule has 0 aromatic carbocycles. The number of fused-ring (bicyclic) bond motifs is 2. The molecule has 0 radical (unpaired) electrons. The summed E-state index contributed by atoms with van der Waals surface area (Å²) in [6, 6.07) is 0.105. The normalized spacial score (nSPS) is 24.7. The molecule has 1 atom stereocenters. The highest BCUT2D eigenvalue weighted by molar-refractivity contribution is 5.78. The number of carbonyl (C=O) groups excluding carboxylic acids is 2. The van der Waals surface area contributed by atoms with Crippen molar-refractivity contribution in [2.45, 2.75) is 50.6 Å². The Morgan fingerprint density at radius 1 is 1.30 bits per heavy atom. The summed E-state index contributed by atoms with van der Waals surface area (Å²) in [5.74, 6) is 0.339. The number of hydrogen-bond acceptors (Lipinski definition) is 5. The van der Waals surface area contributed by atoms with Gasteiger partial charge in [0.25, 0.3) is 0 Å². The lowest BCUT2D eigenvalue weighted by molar-refractivity contribution is -0.144. The van der Waals surface area contributed by atoms with E-state index in [0.717, 1.165) is 43.7 Å². The Morgan fingerprint density at radius 3 is 2.81 bits per heavy atom. The fourth-order valence-corrected chi connectivity index (χ4v) is 4.76. The second-order valence-corrected chi connectivity index (χ2v) is 7.72. The van der Waals surface area contributed by atoms with Gasteiger partial charge in [-0.3, -0.25) is 9.59 Å². The van der Waals surface area contributed by atoms with Crippen LogP contribution in [-0.4, -0.2) is 77.0 Å². The maximum Gasteiger partial charge on any atom is 0.224 e. The van der Waals surface area contributed by atoms with E-state index in [1.54, 1.807) is 6.33 Å². The monoisotopic (exact) mass is 375 g/mol. The number of nitrogens with one attached hydrogen (secondary N) is 2. The maximum atomic E-state index is 12.7. The maximum absolute atomic E-state index is 12.7. The molecule has 2 N–H and O–H groups in total. The quantitative estimate of drug-likeness (QED) is 0.798. The van der Waals surface area contributed by atoms with E-state index in [4.69, 9.17) is 4.74 Å². The van der Waals surface area contributed by atoms with Crippen LogP contribution in [0.2, 0.25) is 0 Å². The van der Waals surface area contributed by atoms with Crippen LogP contribution in [0.3, 0.4) is 0 Å². The van der Waals surface area contributed by atoms with Gasteiger partial charge in [0.15, 0.2) is 0 Å². The minimum absolute atomic E-state index is 0.105. The van der Waals surface area contributed by atoms with Gasteiger partial charge in [0.2, 0.25) is 11.8 Å². The van der Waals surface area contributed by atoms with Gasteiger partial charge in [-0.25, -0.2) is 4.98 Å². The molecular weight excluding hydrogens is 346 g/mol. The van der Waals surface area contributed by atoms with E-state index in [1.807, 2.05) is 16.7 Å². The van der Waals surface area contributed by atoms with E-state index >= 15 is 0 Å². The lowest BCUT2D eigenvalue weighted by Gasteiger charge is -2.50. The Kier molecular flexibility index (Phi) is 5.19. The number of aromatic amines is 1. The van der Waals surface area contributed by atoms with E-state index < -0.39 is 0 Å². The highest BCUT2D eigenvalue weighted by Crippen LogP contribution is 2.42. The average molecular weight is 375 g/mol. The number of amides is 2. The molecule has 4 rings (SSSR count). The highest BCUT2D eigenvalue weighted by atomic mass is 16.5. The van der Waals surface area contributed by atoms with Crippen molar-refractivity contribution in [3.8, 4) is 0 Å². The Labute approximate surface area is 159 Å². The first-order chi connectivity index (χ1) is 13.1. The summed E-state index contributed by atoms with van der Waals surface area (Å²) < 4.78 is 5.45. The number of imidazole rings is 1. The first-order valence-corrected chi connectivity index (χ1v) is 10.1. The summed E-state index contributed by atoms with van der Waals surface area (Å²) >= 11 is 0. The van der Waals surface area contributed by atoms with E-state index in [9.17, 15) is 9.59 Å². The third-order valence-corrected chi connectivity index (χ3v) is 6.23. The molecule has 4 heterocycles. The van der Waals surface area contributed by atoms with Crippen molar-refractivity contribution in [3.63, 3.8) is 0 Å². The molecule has 1 spiro atoms. The second-order valence-electron chi connectivity index (χ2n) is 7.72. The molecule has 0 aliphatic carbocycles. The first kappa shape index (κ1) is 18.4. The molecule has 3 aliphatic heterocycles. The predicted octanol–water partition coefficient (Wildman–Crippen LogP) is 0.401. The third-order valence-electron chi connectivity index (χ3n) is 6.23. The van der Waals surface area contributed by atoms with Crippen molar-refractivity contribution in [3.05, 3.63) is 17.7 Å². The molecule has 1 aromatic rings. The molecule has 8 nitrogen and oxygen atoms in total. The summed E-state index contributed by atoms with van der Waals surface area (Å²) in [4.78, 5) is 37.2. The average Bonchev–Trinajstić information content (AvgIpc) is 3.19. The SMILES string of the molecule is CCC(=O)N1CCc2[nH]cnc2C12CCN(C(=O)C[C@@H]1COCCN1)CC2. The van der Waals surface area contributed by atoms with Gasteiger partial charge in [-0.15, -0.1) is 0 Å². The van der Waals surface area contributed by atoms with E-state index in [-0.39, 0.29) is 23.4 Å². The van der Waals surface area contributed by atoms with Crippen LogP contribution in [0.4, 0.5) is 0 Å². The lowest BCUT2D eigenvalue weighted by atomic mass is 9.78. The molecule has 3 aliphatic rings. The van der Waals surface area contributed by atoms with Crippen LogP contribution in [-0.2, 0) is 26.3 Å². The number of ether oxygens (including phenoxy) is 1. The zero-order valence-electron chi connectivity index (χ0n) is 16.0. The molecule has 2 amide bonds. The van der Waals surface area contributed by atoms with Gasteiger partial charge in [0, 0.05) is 57.2 Å². The van der Waals surface area contributed by atoms with Crippen molar-refractivity contribution in [2.24, 2.45) is 0 Å². The number of carbonyl (C=O) groups is 2. The van der Waals surface area contributed by atoms with Crippen molar-refractivity contribution in [2.75, 3.05) is 39.4 Å². The third kappa shape index (κ3) is 3.36. The summed E-state index contributed by atoms with van der Waals surface area (Å²) in [5, 5.41) is 3.35. The van der Waals surface area contributed by atoms with Gasteiger partial charge in [-0.1, -0.05) is 6.92 Å².